The number of rotatable bonds is 10. The van der Waals surface area contributed by atoms with Gasteiger partial charge in [0.15, 0.2) is 5.78 Å². The number of hydrogen-bond acceptors (Lipinski definition) is 4. The number of hydrogen-bond donors (Lipinski definition) is 3. The number of ether oxygens (including phenoxy) is 1. The number of nitrogens with one attached hydrogen (secondary N) is 3. The minimum absolute atomic E-state index is 0.0935. The molecule has 0 aliphatic heterocycles. The van der Waals surface area contributed by atoms with Crippen LogP contribution in [-0.2, 0) is 11.3 Å². The quantitative estimate of drug-likeness (QED) is 0.358. The number of benzene rings is 3. The summed E-state index contributed by atoms with van der Waals surface area (Å²) in [5.74, 6) is 0.403. The van der Waals surface area contributed by atoms with E-state index < -0.39 is 0 Å². The Morgan fingerprint density at radius 3 is 2.18 bits per heavy atom. The number of urea groups is 1. The predicted octanol–water partition coefficient (Wildman–Crippen LogP) is 5.32. The first-order valence-corrected chi connectivity index (χ1v) is 11.2. The van der Waals surface area contributed by atoms with Gasteiger partial charge in [0.25, 0.3) is 0 Å². The highest BCUT2D eigenvalue weighted by Gasteiger charge is 2.10. The SMILES string of the molecule is CCOc1ccc(C(=O)CCC(=O)NCc2cccc(NC(=O)Nc3cccc(C)c3)c2)cc1. The van der Waals surface area contributed by atoms with Crippen LogP contribution < -0.4 is 20.7 Å². The predicted molar refractivity (Wildman–Crippen MR) is 133 cm³/mol. The molecule has 0 radical (unpaired) electrons. The average molecular weight is 460 g/mol. The lowest BCUT2D eigenvalue weighted by molar-refractivity contribution is -0.121. The Morgan fingerprint density at radius 2 is 1.50 bits per heavy atom. The zero-order valence-electron chi connectivity index (χ0n) is 19.4. The number of amides is 3. The summed E-state index contributed by atoms with van der Waals surface area (Å²) in [6, 6.07) is 21.3. The van der Waals surface area contributed by atoms with Crippen molar-refractivity contribution < 1.29 is 19.1 Å². The summed E-state index contributed by atoms with van der Waals surface area (Å²) in [7, 11) is 0. The number of carbonyl (C=O) groups is 3. The van der Waals surface area contributed by atoms with Crippen molar-refractivity contribution in [1.29, 1.82) is 0 Å². The second-order valence-corrected chi connectivity index (χ2v) is 7.81. The van der Waals surface area contributed by atoms with E-state index >= 15 is 0 Å². The molecule has 3 aromatic rings. The molecule has 7 nitrogen and oxygen atoms in total. The average Bonchev–Trinajstić information content (AvgIpc) is 2.82. The third kappa shape index (κ3) is 7.78. The minimum atomic E-state index is -0.348. The molecule has 0 aliphatic rings. The Kier molecular flexibility index (Phi) is 8.80. The van der Waals surface area contributed by atoms with Gasteiger partial charge in [-0.05, 0) is 73.5 Å². The molecule has 0 fully saturated rings. The first-order valence-electron chi connectivity index (χ1n) is 11.2. The van der Waals surface area contributed by atoms with E-state index in [9.17, 15) is 14.4 Å². The lowest BCUT2D eigenvalue weighted by Crippen LogP contribution is -2.23. The Balaban J connectivity index is 1.44. The van der Waals surface area contributed by atoms with Crippen LogP contribution in [0, 0.1) is 6.92 Å². The molecule has 7 heteroatoms. The molecule has 0 atom stereocenters. The van der Waals surface area contributed by atoms with Crippen molar-refractivity contribution >= 4 is 29.1 Å². The number of aryl methyl sites for hydroxylation is 1. The maximum absolute atomic E-state index is 12.3. The molecule has 176 valence electrons. The van der Waals surface area contributed by atoms with Crippen LogP contribution in [0.4, 0.5) is 16.2 Å². The van der Waals surface area contributed by atoms with Crippen molar-refractivity contribution in [3.05, 3.63) is 89.5 Å². The zero-order chi connectivity index (χ0) is 24.3. The molecule has 0 aliphatic carbocycles. The monoisotopic (exact) mass is 459 g/mol. The molecule has 34 heavy (non-hydrogen) atoms. The van der Waals surface area contributed by atoms with E-state index in [4.69, 9.17) is 4.74 Å². The number of carbonyl (C=O) groups excluding carboxylic acids is 3. The van der Waals surface area contributed by atoms with E-state index in [-0.39, 0.29) is 30.6 Å². The molecular weight excluding hydrogens is 430 g/mol. The highest BCUT2D eigenvalue weighted by molar-refractivity contribution is 6.00. The van der Waals surface area contributed by atoms with Crippen LogP contribution in [-0.4, -0.2) is 24.3 Å². The summed E-state index contributed by atoms with van der Waals surface area (Å²) in [6.45, 7) is 4.71. The Hall–Kier alpha value is -4.13. The van der Waals surface area contributed by atoms with Gasteiger partial charge >= 0.3 is 6.03 Å². The molecule has 0 saturated heterocycles. The Labute approximate surface area is 199 Å². The summed E-state index contributed by atoms with van der Waals surface area (Å²) in [5, 5.41) is 8.40. The van der Waals surface area contributed by atoms with Crippen LogP contribution in [0.3, 0.4) is 0 Å². The summed E-state index contributed by atoms with van der Waals surface area (Å²) >= 11 is 0. The number of ketones is 1. The first-order chi connectivity index (χ1) is 16.4. The fraction of sp³-hybridized carbons (Fsp3) is 0.222. The molecule has 3 N–H and O–H groups in total. The Bertz CT molecular complexity index is 1140. The fourth-order valence-corrected chi connectivity index (χ4v) is 3.34. The van der Waals surface area contributed by atoms with E-state index in [1.165, 1.54) is 0 Å². The second-order valence-electron chi connectivity index (χ2n) is 7.81. The van der Waals surface area contributed by atoms with Gasteiger partial charge in [-0.3, -0.25) is 9.59 Å². The molecule has 0 heterocycles. The van der Waals surface area contributed by atoms with Crippen molar-refractivity contribution in [2.75, 3.05) is 17.2 Å². The number of anilines is 2. The van der Waals surface area contributed by atoms with Gasteiger partial charge in [-0.2, -0.15) is 0 Å². The third-order valence-electron chi connectivity index (χ3n) is 5.02. The van der Waals surface area contributed by atoms with E-state index in [1.54, 1.807) is 42.5 Å². The maximum atomic E-state index is 12.3. The molecule has 0 spiro atoms. The molecule has 0 unspecified atom stereocenters. The summed E-state index contributed by atoms with van der Waals surface area (Å²) < 4.78 is 5.37. The third-order valence-corrected chi connectivity index (χ3v) is 5.02. The van der Waals surface area contributed by atoms with E-state index in [1.807, 2.05) is 44.2 Å². The van der Waals surface area contributed by atoms with Crippen LogP contribution in [0.15, 0.2) is 72.8 Å². The second kappa shape index (κ2) is 12.2. The van der Waals surface area contributed by atoms with Crippen molar-refractivity contribution in [3.63, 3.8) is 0 Å². The largest absolute Gasteiger partial charge is 0.494 e. The normalized spacial score (nSPS) is 10.3. The van der Waals surface area contributed by atoms with Gasteiger partial charge in [0.05, 0.1) is 6.61 Å². The van der Waals surface area contributed by atoms with E-state index in [0.717, 1.165) is 11.1 Å². The van der Waals surface area contributed by atoms with Crippen molar-refractivity contribution in [2.24, 2.45) is 0 Å². The Morgan fingerprint density at radius 1 is 0.824 bits per heavy atom. The van der Waals surface area contributed by atoms with Crippen LogP contribution in [0.25, 0.3) is 0 Å². The standard InChI is InChI=1S/C27H29N3O4/c1-3-34-24-12-10-21(11-13-24)25(31)14-15-26(32)28-18-20-7-5-9-23(17-20)30-27(33)29-22-8-4-6-19(2)16-22/h4-13,16-17H,3,14-15,18H2,1-2H3,(H,28,32)(H2,29,30,33). The van der Waals surface area contributed by atoms with Crippen molar-refractivity contribution in [1.82, 2.24) is 5.32 Å². The lowest BCUT2D eigenvalue weighted by atomic mass is 10.1. The van der Waals surface area contributed by atoms with Gasteiger partial charge in [-0.15, -0.1) is 0 Å². The zero-order valence-corrected chi connectivity index (χ0v) is 19.4. The number of Topliss-reactive ketones (excluding diaryl/α,β-unsaturated/α-hetero) is 1. The molecular formula is C27H29N3O4. The lowest BCUT2D eigenvalue weighted by Gasteiger charge is -2.10. The van der Waals surface area contributed by atoms with Gasteiger partial charge in [-0.25, -0.2) is 4.79 Å². The van der Waals surface area contributed by atoms with E-state index in [2.05, 4.69) is 16.0 Å². The van der Waals surface area contributed by atoms with Gasteiger partial charge in [0, 0.05) is 36.3 Å². The fourth-order valence-electron chi connectivity index (χ4n) is 3.34. The highest BCUT2D eigenvalue weighted by Crippen LogP contribution is 2.15. The molecule has 3 amide bonds. The molecule has 3 aromatic carbocycles. The minimum Gasteiger partial charge on any atom is -0.494 e. The maximum Gasteiger partial charge on any atom is 0.323 e. The topological polar surface area (TPSA) is 96.5 Å². The van der Waals surface area contributed by atoms with Crippen molar-refractivity contribution in [2.45, 2.75) is 33.2 Å². The van der Waals surface area contributed by atoms with Gasteiger partial charge in [0.1, 0.15) is 5.75 Å². The van der Waals surface area contributed by atoms with Crippen LogP contribution in [0.2, 0.25) is 0 Å². The summed E-state index contributed by atoms with van der Waals surface area (Å²) in [4.78, 5) is 36.8. The smallest absolute Gasteiger partial charge is 0.323 e. The van der Waals surface area contributed by atoms with Crippen LogP contribution in [0.1, 0.15) is 41.3 Å². The summed E-state index contributed by atoms with van der Waals surface area (Å²) in [6.07, 6.45) is 0.226. The molecule has 0 saturated carbocycles. The van der Waals surface area contributed by atoms with Crippen LogP contribution >= 0.6 is 0 Å². The first kappa shape index (κ1) is 24.5. The molecule has 3 rings (SSSR count). The highest BCUT2D eigenvalue weighted by atomic mass is 16.5. The van der Waals surface area contributed by atoms with Crippen molar-refractivity contribution in [3.8, 4) is 5.75 Å². The summed E-state index contributed by atoms with van der Waals surface area (Å²) in [5.41, 5.74) is 3.76. The van der Waals surface area contributed by atoms with E-state index in [0.29, 0.717) is 35.8 Å². The molecule has 0 bridgehead atoms. The van der Waals surface area contributed by atoms with Gasteiger partial charge < -0.3 is 20.7 Å². The van der Waals surface area contributed by atoms with Gasteiger partial charge in [0.2, 0.25) is 5.91 Å². The van der Waals surface area contributed by atoms with Gasteiger partial charge in [-0.1, -0.05) is 24.3 Å². The van der Waals surface area contributed by atoms with Crippen LogP contribution in [0.5, 0.6) is 5.75 Å². The molecule has 0 aromatic heterocycles.